The third-order valence-corrected chi connectivity index (χ3v) is 4.79. The highest BCUT2D eigenvalue weighted by molar-refractivity contribution is 6.41. The van der Waals surface area contributed by atoms with E-state index in [2.05, 4.69) is 0 Å². The zero-order valence-electron chi connectivity index (χ0n) is 12.3. The van der Waals surface area contributed by atoms with Crippen LogP contribution in [0, 0.1) is 0 Å². The van der Waals surface area contributed by atoms with Gasteiger partial charge in [-0.2, -0.15) is 0 Å². The topological polar surface area (TPSA) is 47.3 Å². The van der Waals surface area contributed by atoms with Crippen LogP contribution in [0.15, 0.2) is 59.0 Å². The fourth-order valence-corrected chi connectivity index (χ4v) is 3.71. The third kappa shape index (κ3) is 1.57. The molecule has 0 radical (unpaired) electrons. The predicted molar refractivity (Wildman–Crippen MR) is 92.0 cm³/mol. The molecule has 0 N–H and O–H groups in total. The lowest BCUT2D eigenvalue weighted by Crippen LogP contribution is -2.21. The number of hydrogen-bond donors (Lipinski definition) is 0. The van der Waals surface area contributed by atoms with Gasteiger partial charge < -0.3 is 4.42 Å². The molecule has 0 unspecified atom stereocenters. The molecule has 1 aliphatic carbocycles. The van der Waals surface area contributed by atoms with Gasteiger partial charge in [-0.3, -0.25) is 9.59 Å². The molecule has 1 aromatic heterocycles. The molecule has 0 saturated carbocycles. The Labute approximate surface area is 141 Å². The Balaban J connectivity index is 1.98. The molecule has 0 bridgehead atoms. The maximum atomic E-state index is 13.0. The van der Waals surface area contributed by atoms with Crippen LogP contribution in [-0.4, -0.2) is 11.6 Å². The number of carbonyl (C=O) groups excluding carboxylic acids is 2. The van der Waals surface area contributed by atoms with Gasteiger partial charge in [-0.25, -0.2) is 0 Å². The van der Waals surface area contributed by atoms with Gasteiger partial charge >= 0.3 is 0 Å². The van der Waals surface area contributed by atoms with Gasteiger partial charge in [0.15, 0.2) is 11.6 Å². The number of ketones is 2. The van der Waals surface area contributed by atoms with Crippen molar-refractivity contribution < 1.29 is 14.0 Å². The number of para-hydroxylation sites is 1. The molecule has 4 aromatic rings. The molecule has 0 saturated heterocycles. The summed E-state index contributed by atoms with van der Waals surface area (Å²) < 4.78 is 5.91. The lowest BCUT2D eigenvalue weighted by atomic mass is 9.83. The molecule has 1 aliphatic rings. The normalized spacial score (nSPS) is 13.4. The number of fused-ring (bicyclic) bond motifs is 6. The average Bonchev–Trinajstić information content (AvgIpc) is 2.99. The Kier molecular flexibility index (Phi) is 2.57. The summed E-state index contributed by atoms with van der Waals surface area (Å²) in [7, 11) is 0. The zero-order chi connectivity index (χ0) is 16.4. The van der Waals surface area contributed by atoms with E-state index >= 15 is 0 Å². The van der Waals surface area contributed by atoms with Crippen LogP contribution in [0.25, 0.3) is 21.9 Å². The summed E-state index contributed by atoms with van der Waals surface area (Å²) in [6, 6.07) is 15.9. The van der Waals surface area contributed by atoms with Crippen LogP contribution in [0.5, 0.6) is 0 Å². The Morgan fingerprint density at radius 1 is 0.792 bits per heavy atom. The van der Waals surface area contributed by atoms with Gasteiger partial charge in [-0.15, -0.1) is 0 Å². The lowest BCUT2D eigenvalue weighted by molar-refractivity contribution is 0.0979. The van der Waals surface area contributed by atoms with E-state index in [1.165, 1.54) is 0 Å². The molecular weight excluding hydrogens is 324 g/mol. The third-order valence-electron chi connectivity index (χ3n) is 4.49. The van der Waals surface area contributed by atoms with Gasteiger partial charge in [0.05, 0.1) is 10.6 Å². The summed E-state index contributed by atoms with van der Waals surface area (Å²) in [5.41, 5.74) is 2.43. The highest BCUT2D eigenvalue weighted by Crippen LogP contribution is 2.41. The number of benzene rings is 3. The van der Waals surface area contributed by atoms with E-state index in [-0.39, 0.29) is 11.6 Å². The molecule has 1 heterocycles. The Morgan fingerprint density at radius 2 is 1.46 bits per heavy atom. The van der Waals surface area contributed by atoms with E-state index in [9.17, 15) is 9.59 Å². The first-order valence-corrected chi connectivity index (χ1v) is 7.87. The molecule has 0 amide bonds. The number of hydrogen-bond acceptors (Lipinski definition) is 3. The number of halogens is 1. The van der Waals surface area contributed by atoms with Crippen molar-refractivity contribution in [1.82, 2.24) is 0 Å². The lowest BCUT2D eigenvalue weighted by Gasteiger charge is -2.17. The van der Waals surface area contributed by atoms with Crippen molar-refractivity contribution in [3.63, 3.8) is 0 Å². The summed E-state index contributed by atoms with van der Waals surface area (Å²) >= 11 is 6.43. The molecular formula is C20H9ClO3. The van der Waals surface area contributed by atoms with Crippen LogP contribution < -0.4 is 0 Å². The maximum absolute atomic E-state index is 13.0. The first kappa shape index (κ1) is 13.5. The van der Waals surface area contributed by atoms with E-state index in [0.29, 0.717) is 43.8 Å². The van der Waals surface area contributed by atoms with E-state index < -0.39 is 0 Å². The molecule has 3 aromatic carbocycles. The molecule has 0 aliphatic heterocycles. The van der Waals surface area contributed by atoms with Crippen LogP contribution in [0.2, 0.25) is 5.02 Å². The minimum absolute atomic E-state index is 0.204. The molecule has 0 spiro atoms. The van der Waals surface area contributed by atoms with Gasteiger partial charge in [0.25, 0.3) is 0 Å². The van der Waals surface area contributed by atoms with Crippen LogP contribution in [0.1, 0.15) is 31.8 Å². The second-order valence-corrected chi connectivity index (χ2v) is 6.19. The number of furan rings is 1. The van der Waals surface area contributed by atoms with Crippen molar-refractivity contribution in [1.29, 1.82) is 0 Å². The van der Waals surface area contributed by atoms with Crippen molar-refractivity contribution in [2.75, 3.05) is 0 Å². The number of carbonyl (C=O) groups is 2. The van der Waals surface area contributed by atoms with Crippen molar-refractivity contribution in [2.45, 2.75) is 0 Å². The maximum Gasteiger partial charge on any atom is 0.198 e. The van der Waals surface area contributed by atoms with E-state index in [1.807, 2.05) is 24.3 Å². The van der Waals surface area contributed by atoms with Gasteiger partial charge in [0.2, 0.25) is 0 Å². The fourth-order valence-electron chi connectivity index (χ4n) is 3.42. The zero-order valence-corrected chi connectivity index (χ0v) is 13.1. The van der Waals surface area contributed by atoms with Gasteiger partial charge in [-0.05, 0) is 12.1 Å². The molecule has 0 atom stereocenters. The SMILES string of the molecule is O=C1c2ccccc2C(=O)c2c1cc(Cl)c1c2oc2ccccc21. The molecule has 5 rings (SSSR count). The van der Waals surface area contributed by atoms with Crippen molar-refractivity contribution >= 4 is 45.1 Å². The molecule has 24 heavy (non-hydrogen) atoms. The largest absolute Gasteiger partial charge is 0.455 e. The van der Waals surface area contributed by atoms with E-state index in [0.717, 1.165) is 5.39 Å². The minimum atomic E-state index is -0.207. The fraction of sp³-hybridized carbons (Fsp3) is 0. The Morgan fingerprint density at radius 3 is 2.25 bits per heavy atom. The first-order valence-electron chi connectivity index (χ1n) is 7.49. The summed E-state index contributed by atoms with van der Waals surface area (Å²) in [5, 5.41) is 1.92. The summed E-state index contributed by atoms with van der Waals surface area (Å²) in [6.07, 6.45) is 0. The molecule has 114 valence electrons. The Bertz CT molecular complexity index is 1200. The van der Waals surface area contributed by atoms with Crippen LogP contribution in [0.3, 0.4) is 0 Å². The molecule has 3 nitrogen and oxygen atoms in total. The van der Waals surface area contributed by atoms with Crippen molar-refractivity contribution in [2.24, 2.45) is 0 Å². The second kappa shape index (κ2) is 4.56. The first-order chi connectivity index (χ1) is 11.7. The van der Waals surface area contributed by atoms with Crippen molar-refractivity contribution in [3.05, 3.63) is 81.9 Å². The quantitative estimate of drug-likeness (QED) is 0.400. The predicted octanol–water partition coefficient (Wildman–Crippen LogP) is 5.01. The molecule has 4 heteroatoms. The second-order valence-electron chi connectivity index (χ2n) is 5.79. The summed E-state index contributed by atoms with van der Waals surface area (Å²) in [4.78, 5) is 25.8. The standard InChI is InChI=1S/C20H9ClO3/c21-14-9-13-17(19(23)11-6-2-1-5-10(11)18(13)22)20-16(14)12-7-3-4-8-15(12)24-20/h1-9H. The minimum Gasteiger partial charge on any atom is -0.455 e. The summed E-state index contributed by atoms with van der Waals surface area (Å²) in [5.74, 6) is -0.412. The van der Waals surface area contributed by atoms with Gasteiger partial charge in [0.1, 0.15) is 11.2 Å². The van der Waals surface area contributed by atoms with Gasteiger partial charge in [0, 0.05) is 27.5 Å². The smallest absolute Gasteiger partial charge is 0.198 e. The average molecular weight is 333 g/mol. The highest BCUT2D eigenvalue weighted by atomic mass is 35.5. The van der Waals surface area contributed by atoms with Crippen LogP contribution in [0.4, 0.5) is 0 Å². The Hall–Kier alpha value is -2.91. The van der Waals surface area contributed by atoms with Gasteiger partial charge in [-0.1, -0.05) is 54.1 Å². The van der Waals surface area contributed by atoms with E-state index in [1.54, 1.807) is 30.3 Å². The van der Waals surface area contributed by atoms with Crippen LogP contribution in [-0.2, 0) is 0 Å². The number of rotatable bonds is 0. The molecule has 0 fully saturated rings. The monoisotopic (exact) mass is 332 g/mol. The summed E-state index contributed by atoms with van der Waals surface area (Å²) in [6.45, 7) is 0. The van der Waals surface area contributed by atoms with Crippen LogP contribution >= 0.6 is 11.6 Å². The van der Waals surface area contributed by atoms with E-state index in [4.69, 9.17) is 16.0 Å². The highest BCUT2D eigenvalue weighted by Gasteiger charge is 2.33. The van der Waals surface area contributed by atoms with Crippen molar-refractivity contribution in [3.8, 4) is 0 Å².